The van der Waals surface area contributed by atoms with Gasteiger partial charge in [-0.1, -0.05) is 42.5 Å². The van der Waals surface area contributed by atoms with Gasteiger partial charge < -0.3 is 28.7 Å². The quantitative estimate of drug-likeness (QED) is 0.201. The van der Waals surface area contributed by atoms with Crippen LogP contribution in [0, 0.1) is 0 Å². The number of rotatable bonds is 10. The lowest BCUT2D eigenvalue weighted by Gasteiger charge is -2.36. The van der Waals surface area contributed by atoms with E-state index in [1.165, 1.54) is 5.39 Å². The number of piperazine rings is 1. The minimum absolute atomic E-state index is 0.106. The smallest absolute Gasteiger partial charge is 0.227 e. The molecule has 1 saturated heterocycles. The van der Waals surface area contributed by atoms with Crippen LogP contribution in [0.5, 0.6) is 23.0 Å². The molecule has 0 aliphatic carbocycles. The Bertz CT molecular complexity index is 1720. The van der Waals surface area contributed by atoms with Crippen LogP contribution in [0.4, 0.5) is 5.82 Å². The molecule has 9 heteroatoms. The summed E-state index contributed by atoms with van der Waals surface area (Å²) in [6.45, 7) is 3.46. The number of aromatic nitrogens is 2. The number of benzene rings is 4. The number of anilines is 1. The van der Waals surface area contributed by atoms with E-state index >= 15 is 0 Å². The number of nitrogens with zero attached hydrogens (tertiary/aromatic N) is 4. The number of hydrogen-bond donors (Lipinski definition) is 0. The molecule has 9 nitrogen and oxygen atoms in total. The Kier molecular flexibility index (Phi) is 8.51. The fraction of sp³-hybridized carbons (Fsp3) is 0.265. The summed E-state index contributed by atoms with van der Waals surface area (Å²) >= 11 is 0. The van der Waals surface area contributed by atoms with Gasteiger partial charge in [-0.3, -0.25) is 4.79 Å². The molecule has 0 atom stereocenters. The fourth-order valence-corrected chi connectivity index (χ4v) is 5.31. The predicted molar refractivity (Wildman–Crippen MR) is 166 cm³/mol. The lowest BCUT2D eigenvalue weighted by atomic mass is 10.1. The van der Waals surface area contributed by atoms with Gasteiger partial charge >= 0.3 is 0 Å². The zero-order chi connectivity index (χ0) is 29.6. The van der Waals surface area contributed by atoms with Crippen molar-refractivity contribution < 1.29 is 23.7 Å². The van der Waals surface area contributed by atoms with E-state index in [9.17, 15) is 4.79 Å². The van der Waals surface area contributed by atoms with Crippen LogP contribution in [0.2, 0.25) is 0 Å². The zero-order valence-corrected chi connectivity index (χ0v) is 24.4. The Morgan fingerprint density at radius 3 is 2.33 bits per heavy atom. The van der Waals surface area contributed by atoms with Crippen LogP contribution in [-0.4, -0.2) is 74.4 Å². The van der Waals surface area contributed by atoms with Gasteiger partial charge in [0.2, 0.25) is 5.91 Å². The summed E-state index contributed by atoms with van der Waals surface area (Å²) in [5.41, 5.74) is 1.72. The number of carbonyl (C=O) groups is 1. The van der Waals surface area contributed by atoms with E-state index in [1.807, 2.05) is 65.6 Å². The van der Waals surface area contributed by atoms with Crippen molar-refractivity contribution in [3.8, 4) is 23.0 Å². The van der Waals surface area contributed by atoms with E-state index in [4.69, 9.17) is 18.9 Å². The molecule has 4 aromatic carbocycles. The molecule has 0 radical (unpaired) electrons. The number of carbonyl (C=O) groups excluding carboxylic acids is 1. The van der Waals surface area contributed by atoms with Crippen LogP contribution >= 0.6 is 0 Å². The molecule has 2 heterocycles. The average molecular weight is 579 g/mol. The summed E-state index contributed by atoms with van der Waals surface area (Å²) in [5.74, 6) is 3.67. The van der Waals surface area contributed by atoms with E-state index < -0.39 is 0 Å². The maximum absolute atomic E-state index is 13.2. The maximum Gasteiger partial charge on any atom is 0.227 e. The minimum atomic E-state index is 0.106. The Morgan fingerprint density at radius 2 is 1.56 bits per heavy atom. The minimum Gasteiger partial charge on any atom is -0.493 e. The number of ether oxygens (including phenoxy) is 4. The molecule has 0 bridgehead atoms. The Morgan fingerprint density at radius 1 is 0.791 bits per heavy atom. The van der Waals surface area contributed by atoms with Gasteiger partial charge in [-0.15, -0.1) is 0 Å². The molecule has 0 unspecified atom stereocenters. The fourth-order valence-electron chi connectivity index (χ4n) is 5.31. The van der Waals surface area contributed by atoms with Crippen molar-refractivity contribution in [3.05, 3.63) is 90.8 Å². The monoisotopic (exact) mass is 578 g/mol. The van der Waals surface area contributed by atoms with Gasteiger partial charge in [-0.05, 0) is 46.7 Å². The SMILES string of the molecule is COCCOc1cc2ncnc(N3CCN(C(=O)Cc4ccc(Oc5ccc6ccccc6c5)cc4)CC3)c2cc1OC. The van der Waals surface area contributed by atoms with Crippen molar-refractivity contribution in [2.24, 2.45) is 0 Å². The lowest BCUT2D eigenvalue weighted by Crippen LogP contribution is -2.49. The highest BCUT2D eigenvalue weighted by Gasteiger charge is 2.24. The van der Waals surface area contributed by atoms with Gasteiger partial charge in [0.05, 0.1) is 25.7 Å². The number of hydrogen-bond acceptors (Lipinski definition) is 8. The van der Waals surface area contributed by atoms with Gasteiger partial charge in [-0.25, -0.2) is 9.97 Å². The Balaban J connectivity index is 1.06. The molecule has 5 aromatic rings. The molecule has 1 aliphatic rings. The van der Waals surface area contributed by atoms with E-state index in [2.05, 4.69) is 33.1 Å². The van der Waals surface area contributed by atoms with Gasteiger partial charge in [0.25, 0.3) is 0 Å². The number of methoxy groups -OCH3 is 2. The zero-order valence-electron chi connectivity index (χ0n) is 24.4. The van der Waals surface area contributed by atoms with Gasteiger partial charge in [-0.2, -0.15) is 0 Å². The highest BCUT2D eigenvalue weighted by molar-refractivity contribution is 5.92. The highest BCUT2D eigenvalue weighted by atomic mass is 16.5. The van der Waals surface area contributed by atoms with Crippen LogP contribution in [0.15, 0.2) is 85.2 Å². The standard InChI is InChI=1S/C34H34N4O5/c1-40-17-18-42-32-22-30-29(21-31(32)41-2)34(36-23-35-30)38-15-13-37(14-16-38)33(39)19-24-7-10-27(11-8-24)43-28-12-9-25-5-3-4-6-26(25)20-28/h3-12,20-23H,13-19H2,1-2H3. The summed E-state index contributed by atoms with van der Waals surface area (Å²) in [6, 6.07) is 25.8. The molecule has 1 fully saturated rings. The third-order valence-electron chi connectivity index (χ3n) is 7.61. The van der Waals surface area contributed by atoms with Crippen molar-refractivity contribution in [1.29, 1.82) is 0 Å². The molecule has 1 aliphatic heterocycles. The van der Waals surface area contributed by atoms with Gasteiger partial charge in [0.1, 0.15) is 30.3 Å². The lowest BCUT2D eigenvalue weighted by molar-refractivity contribution is -0.130. The van der Waals surface area contributed by atoms with Crippen LogP contribution < -0.4 is 19.1 Å². The maximum atomic E-state index is 13.2. The summed E-state index contributed by atoms with van der Waals surface area (Å²) < 4.78 is 22.6. The summed E-state index contributed by atoms with van der Waals surface area (Å²) in [5, 5.41) is 3.19. The van der Waals surface area contributed by atoms with E-state index in [0.29, 0.717) is 57.3 Å². The normalized spacial score (nSPS) is 13.3. The topological polar surface area (TPSA) is 86.3 Å². The summed E-state index contributed by atoms with van der Waals surface area (Å²) in [6.07, 6.45) is 1.91. The molecule has 43 heavy (non-hydrogen) atoms. The van der Waals surface area contributed by atoms with E-state index in [0.717, 1.165) is 39.2 Å². The Hall–Kier alpha value is -4.89. The van der Waals surface area contributed by atoms with Crippen molar-refractivity contribution in [1.82, 2.24) is 14.9 Å². The molecule has 0 N–H and O–H groups in total. The molecule has 0 spiro atoms. The molecule has 220 valence electrons. The second-order valence-electron chi connectivity index (χ2n) is 10.4. The largest absolute Gasteiger partial charge is 0.493 e. The third kappa shape index (κ3) is 6.47. The number of fused-ring (bicyclic) bond motifs is 2. The molecule has 1 aromatic heterocycles. The molecule has 6 rings (SSSR count). The predicted octanol–water partition coefficient (Wildman–Crippen LogP) is 5.50. The third-order valence-corrected chi connectivity index (χ3v) is 7.61. The molecular formula is C34H34N4O5. The van der Waals surface area contributed by atoms with E-state index in [1.54, 1.807) is 20.5 Å². The average Bonchev–Trinajstić information content (AvgIpc) is 3.05. The second-order valence-corrected chi connectivity index (χ2v) is 10.4. The van der Waals surface area contributed by atoms with Gasteiger partial charge in [0.15, 0.2) is 11.5 Å². The highest BCUT2D eigenvalue weighted by Crippen LogP contribution is 2.35. The van der Waals surface area contributed by atoms with Crippen LogP contribution in [0.25, 0.3) is 21.7 Å². The van der Waals surface area contributed by atoms with Crippen LogP contribution in [0.1, 0.15) is 5.56 Å². The van der Waals surface area contributed by atoms with Gasteiger partial charge in [0, 0.05) is 44.7 Å². The summed E-state index contributed by atoms with van der Waals surface area (Å²) in [7, 11) is 3.25. The first-order valence-electron chi connectivity index (χ1n) is 14.3. The Labute approximate surface area is 250 Å². The van der Waals surface area contributed by atoms with Crippen molar-refractivity contribution >= 4 is 33.4 Å². The van der Waals surface area contributed by atoms with E-state index in [-0.39, 0.29) is 5.91 Å². The number of amides is 1. The van der Waals surface area contributed by atoms with Crippen molar-refractivity contribution in [2.75, 3.05) is 58.5 Å². The second kappa shape index (κ2) is 13.0. The van der Waals surface area contributed by atoms with Crippen LogP contribution in [0.3, 0.4) is 0 Å². The van der Waals surface area contributed by atoms with Crippen LogP contribution in [-0.2, 0) is 16.0 Å². The first kappa shape index (κ1) is 28.2. The summed E-state index contributed by atoms with van der Waals surface area (Å²) in [4.78, 5) is 26.3. The van der Waals surface area contributed by atoms with Crippen molar-refractivity contribution in [3.63, 3.8) is 0 Å². The molecule has 1 amide bonds. The van der Waals surface area contributed by atoms with Crippen molar-refractivity contribution in [2.45, 2.75) is 6.42 Å². The molecule has 0 saturated carbocycles. The first-order chi connectivity index (χ1) is 21.1. The molecular weight excluding hydrogens is 544 g/mol. The first-order valence-corrected chi connectivity index (χ1v) is 14.3.